The minimum atomic E-state index is -3.43. The molecule has 0 bridgehead atoms. The Hall–Kier alpha value is -3.55. The molecule has 1 atom stereocenters. The van der Waals surface area contributed by atoms with Gasteiger partial charge in [0.1, 0.15) is 17.7 Å². The molecule has 2 rings (SSSR count). The Balaban J connectivity index is 2.07. The van der Waals surface area contributed by atoms with Crippen molar-refractivity contribution in [1.29, 1.82) is 5.41 Å². The van der Waals surface area contributed by atoms with E-state index >= 15 is 0 Å². The molecule has 0 spiro atoms. The summed E-state index contributed by atoms with van der Waals surface area (Å²) >= 11 is 0. The zero-order chi connectivity index (χ0) is 23.9. The van der Waals surface area contributed by atoms with Crippen LogP contribution in [-0.4, -0.2) is 68.6 Å². The zero-order valence-electron chi connectivity index (χ0n) is 16.8. The molecule has 2 aromatic rings. The standard InChI is InChI=1S/C20H24N4O8/c21-18(22)12-4-6-13(7-5-12)23-19(28)16(26)11-17(27)24(8-9-25)14-2-1-3-15(10-14)32-20(29,30)31/h1-7,10,16,25-26,29-31H,8-9,11H2,(H3,21,22)(H,23,28). The van der Waals surface area contributed by atoms with Crippen LogP contribution in [0.3, 0.4) is 0 Å². The van der Waals surface area contributed by atoms with Gasteiger partial charge in [0, 0.05) is 29.5 Å². The molecule has 32 heavy (non-hydrogen) atoms. The number of aliphatic hydroxyl groups excluding tert-OH is 2. The number of aliphatic hydroxyl groups is 5. The van der Waals surface area contributed by atoms with Gasteiger partial charge in [0.15, 0.2) is 0 Å². The number of nitrogens with one attached hydrogen (secondary N) is 2. The number of carbonyl (C=O) groups excluding carboxylic acids is 2. The molecule has 0 fully saturated rings. The second-order valence-corrected chi connectivity index (χ2v) is 6.64. The molecule has 0 aliphatic rings. The monoisotopic (exact) mass is 448 g/mol. The van der Waals surface area contributed by atoms with E-state index in [0.717, 1.165) is 4.90 Å². The van der Waals surface area contributed by atoms with Gasteiger partial charge in [0.2, 0.25) is 5.91 Å². The maximum atomic E-state index is 12.7. The van der Waals surface area contributed by atoms with Crippen molar-refractivity contribution >= 4 is 29.0 Å². The number of anilines is 2. The van der Waals surface area contributed by atoms with E-state index in [1.54, 1.807) is 0 Å². The highest BCUT2D eigenvalue weighted by atomic mass is 16.9. The van der Waals surface area contributed by atoms with Gasteiger partial charge in [0.25, 0.3) is 5.91 Å². The maximum absolute atomic E-state index is 12.7. The summed E-state index contributed by atoms with van der Waals surface area (Å²) in [5, 5.41) is 56.0. The molecule has 0 aliphatic heterocycles. The molecular weight excluding hydrogens is 424 g/mol. The summed E-state index contributed by atoms with van der Waals surface area (Å²) in [4.78, 5) is 26.0. The predicted molar refractivity (Wildman–Crippen MR) is 113 cm³/mol. The summed E-state index contributed by atoms with van der Waals surface area (Å²) in [5.41, 5.74) is 6.28. The lowest BCUT2D eigenvalue weighted by atomic mass is 10.1. The fourth-order valence-corrected chi connectivity index (χ4v) is 2.70. The molecule has 12 heteroatoms. The largest absolute Gasteiger partial charge is 0.453 e. The van der Waals surface area contributed by atoms with Crippen molar-refractivity contribution in [2.45, 2.75) is 18.7 Å². The maximum Gasteiger partial charge on any atom is 0.453 e. The first kappa shape index (κ1) is 24.7. The minimum absolute atomic E-state index is 0.144. The number of nitrogen functional groups attached to an aromatic ring is 1. The van der Waals surface area contributed by atoms with Crippen molar-refractivity contribution in [1.82, 2.24) is 0 Å². The van der Waals surface area contributed by atoms with E-state index in [1.165, 1.54) is 48.5 Å². The molecule has 172 valence electrons. The van der Waals surface area contributed by atoms with Crippen molar-refractivity contribution in [3.05, 3.63) is 54.1 Å². The van der Waals surface area contributed by atoms with Crippen LogP contribution in [-0.2, 0) is 9.59 Å². The van der Waals surface area contributed by atoms with E-state index in [-0.39, 0.29) is 23.8 Å². The third-order valence-corrected chi connectivity index (χ3v) is 4.14. The lowest BCUT2D eigenvalue weighted by Gasteiger charge is -2.24. The van der Waals surface area contributed by atoms with E-state index in [0.29, 0.717) is 11.3 Å². The second-order valence-electron chi connectivity index (χ2n) is 6.64. The van der Waals surface area contributed by atoms with Gasteiger partial charge in [-0.25, -0.2) is 0 Å². The van der Waals surface area contributed by atoms with Crippen molar-refractivity contribution in [3.63, 3.8) is 0 Å². The molecule has 0 aromatic heterocycles. The van der Waals surface area contributed by atoms with E-state index < -0.39 is 37.1 Å². The van der Waals surface area contributed by atoms with Crippen molar-refractivity contribution in [2.75, 3.05) is 23.4 Å². The molecule has 0 heterocycles. The van der Waals surface area contributed by atoms with Crippen LogP contribution in [0.4, 0.5) is 11.4 Å². The first-order chi connectivity index (χ1) is 15.0. The molecule has 2 amide bonds. The molecule has 2 aromatic carbocycles. The Labute approximate surface area is 182 Å². The van der Waals surface area contributed by atoms with Crippen molar-refractivity contribution < 1.29 is 39.9 Å². The quantitative estimate of drug-likeness (QED) is 0.122. The number of benzene rings is 2. The fourth-order valence-electron chi connectivity index (χ4n) is 2.70. The molecule has 12 nitrogen and oxygen atoms in total. The van der Waals surface area contributed by atoms with E-state index in [1.807, 2.05) is 0 Å². The number of ether oxygens (including phenoxy) is 1. The van der Waals surface area contributed by atoms with Crippen LogP contribution in [0, 0.1) is 5.41 Å². The predicted octanol–water partition coefficient (Wildman–Crippen LogP) is -1.35. The number of hydrogen-bond donors (Lipinski definition) is 8. The van der Waals surface area contributed by atoms with Gasteiger partial charge in [-0.1, -0.05) is 6.07 Å². The lowest BCUT2D eigenvalue weighted by Crippen LogP contribution is -2.39. The fraction of sp³-hybridized carbons (Fsp3) is 0.250. The van der Waals surface area contributed by atoms with Crippen LogP contribution in [0.25, 0.3) is 0 Å². The number of amidine groups is 1. The average Bonchev–Trinajstić information content (AvgIpc) is 2.71. The van der Waals surface area contributed by atoms with Gasteiger partial charge >= 0.3 is 6.16 Å². The molecule has 0 saturated heterocycles. The molecule has 9 N–H and O–H groups in total. The molecule has 0 radical (unpaired) electrons. The first-order valence-electron chi connectivity index (χ1n) is 9.31. The number of amides is 2. The average molecular weight is 448 g/mol. The van der Waals surface area contributed by atoms with E-state index in [4.69, 9.17) is 26.5 Å². The second kappa shape index (κ2) is 10.7. The van der Waals surface area contributed by atoms with Crippen LogP contribution in [0.2, 0.25) is 0 Å². The van der Waals surface area contributed by atoms with Crippen LogP contribution in [0.15, 0.2) is 48.5 Å². The smallest absolute Gasteiger partial charge is 0.417 e. The normalized spacial score (nSPS) is 12.0. The highest BCUT2D eigenvalue weighted by molar-refractivity contribution is 6.01. The molecule has 1 unspecified atom stereocenters. The third-order valence-electron chi connectivity index (χ3n) is 4.14. The lowest BCUT2D eigenvalue weighted by molar-refractivity contribution is -0.419. The summed E-state index contributed by atoms with van der Waals surface area (Å²) < 4.78 is 4.49. The highest BCUT2D eigenvalue weighted by Crippen LogP contribution is 2.24. The van der Waals surface area contributed by atoms with E-state index in [2.05, 4.69) is 10.1 Å². The summed E-state index contributed by atoms with van der Waals surface area (Å²) in [7, 11) is 0. The van der Waals surface area contributed by atoms with E-state index in [9.17, 15) is 19.8 Å². The van der Waals surface area contributed by atoms with Crippen molar-refractivity contribution in [2.24, 2.45) is 5.73 Å². The van der Waals surface area contributed by atoms with Gasteiger partial charge in [-0.05, 0) is 36.4 Å². The SMILES string of the molecule is N=C(N)c1ccc(NC(=O)C(O)CC(=O)N(CCO)c2cccc(OC(O)(O)O)c2)cc1. The van der Waals surface area contributed by atoms with Crippen LogP contribution >= 0.6 is 0 Å². The highest BCUT2D eigenvalue weighted by Gasteiger charge is 2.25. The minimum Gasteiger partial charge on any atom is -0.417 e. The van der Waals surface area contributed by atoms with Gasteiger partial charge in [0.05, 0.1) is 13.0 Å². The van der Waals surface area contributed by atoms with Gasteiger partial charge in [-0.2, -0.15) is 0 Å². The topological polar surface area (TPSA) is 210 Å². The number of carbonyl (C=O) groups is 2. The zero-order valence-corrected chi connectivity index (χ0v) is 16.8. The summed E-state index contributed by atoms with van der Waals surface area (Å²) in [6.07, 6.45) is -5.76. The van der Waals surface area contributed by atoms with Gasteiger partial charge in [-0.3, -0.25) is 15.0 Å². The summed E-state index contributed by atoms with van der Waals surface area (Å²) in [5.74, 6) is -1.90. The Morgan fingerprint density at radius 1 is 1.16 bits per heavy atom. The third kappa shape index (κ3) is 7.30. The number of rotatable bonds is 10. The number of hydrogen-bond acceptors (Lipinski definition) is 9. The summed E-state index contributed by atoms with van der Waals surface area (Å²) in [6.45, 7) is -0.628. The molecule has 0 saturated carbocycles. The Morgan fingerprint density at radius 3 is 2.38 bits per heavy atom. The Morgan fingerprint density at radius 2 is 1.81 bits per heavy atom. The van der Waals surface area contributed by atoms with Crippen LogP contribution in [0.5, 0.6) is 5.75 Å². The Bertz CT molecular complexity index is 959. The van der Waals surface area contributed by atoms with Crippen LogP contribution in [0.1, 0.15) is 12.0 Å². The Kier molecular flexibility index (Phi) is 8.23. The number of nitrogens with zero attached hydrogens (tertiary/aromatic N) is 1. The molecular formula is C20H24N4O8. The van der Waals surface area contributed by atoms with Gasteiger partial charge < -0.3 is 46.2 Å². The van der Waals surface area contributed by atoms with Crippen molar-refractivity contribution in [3.8, 4) is 5.75 Å². The molecule has 0 aliphatic carbocycles. The first-order valence-corrected chi connectivity index (χ1v) is 9.31. The summed E-state index contributed by atoms with van der Waals surface area (Å²) in [6, 6.07) is 11.3. The van der Waals surface area contributed by atoms with Crippen LogP contribution < -0.4 is 20.7 Å². The number of nitrogens with two attached hydrogens (primary N) is 1. The van der Waals surface area contributed by atoms with Gasteiger partial charge in [-0.15, -0.1) is 0 Å².